The van der Waals surface area contributed by atoms with Crippen LogP contribution in [0.4, 0.5) is 4.79 Å². The number of carbonyl (C=O) groups is 4. The summed E-state index contributed by atoms with van der Waals surface area (Å²) < 4.78 is 21.5. The lowest BCUT2D eigenvalue weighted by Crippen LogP contribution is -2.41. The maximum absolute atomic E-state index is 12.6. The Morgan fingerprint density at radius 3 is 1.87 bits per heavy atom. The Morgan fingerprint density at radius 1 is 0.897 bits per heavy atom. The van der Waals surface area contributed by atoms with Crippen molar-refractivity contribution in [2.24, 2.45) is 23.5 Å². The molecular formula is C29H45NO9. The van der Waals surface area contributed by atoms with E-state index in [1.165, 1.54) is 12.1 Å². The van der Waals surface area contributed by atoms with E-state index in [9.17, 15) is 24.3 Å². The summed E-state index contributed by atoms with van der Waals surface area (Å²) in [5.74, 6) is -3.44. The number of hydrogen-bond donors (Lipinski definition) is 2. The molecule has 220 valence electrons. The number of carboxylic acids is 1. The molecule has 0 aliphatic rings. The third kappa shape index (κ3) is 12.1. The first kappa shape index (κ1) is 33.9. The van der Waals surface area contributed by atoms with Crippen molar-refractivity contribution in [3.05, 3.63) is 23.8 Å². The average Bonchev–Trinajstić information content (AvgIpc) is 2.82. The quantitative estimate of drug-likeness (QED) is 0.225. The maximum Gasteiger partial charge on any atom is 0.508 e. The fourth-order valence-electron chi connectivity index (χ4n) is 3.71. The zero-order valence-electron chi connectivity index (χ0n) is 24.4. The molecule has 39 heavy (non-hydrogen) atoms. The fourth-order valence-corrected chi connectivity index (χ4v) is 3.71. The van der Waals surface area contributed by atoms with Crippen molar-refractivity contribution in [2.75, 3.05) is 6.61 Å². The van der Waals surface area contributed by atoms with Crippen LogP contribution in [0, 0.1) is 17.8 Å². The minimum absolute atomic E-state index is 0.0128. The van der Waals surface area contributed by atoms with Crippen molar-refractivity contribution in [1.82, 2.24) is 0 Å². The van der Waals surface area contributed by atoms with Crippen LogP contribution in [0.5, 0.6) is 11.5 Å². The first-order valence-electron chi connectivity index (χ1n) is 13.5. The van der Waals surface area contributed by atoms with Gasteiger partial charge in [0.05, 0.1) is 6.61 Å². The molecule has 10 heteroatoms. The van der Waals surface area contributed by atoms with Gasteiger partial charge in [-0.1, -0.05) is 53.5 Å². The molecule has 0 fully saturated rings. The van der Waals surface area contributed by atoms with Gasteiger partial charge in [-0.15, -0.1) is 0 Å². The van der Waals surface area contributed by atoms with Crippen LogP contribution in [0.2, 0.25) is 0 Å². The van der Waals surface area contributed by atoms with Gasteiger partial charge < -0.3 is 29.8 Å². The van der Waals surface area contributed by atoms with Crippen LogP contribution in [0.15, 0.2) is 18.2 Å². The molecule has 0 aliphatic heterocycles. The van der Waals surface area contributed by atoms with Gasteiger partial charge in [0, 0.05) is 18.8 Å². The molecular weight excluding hydrogens is 506 g/mol. The summed E-state index contributed by atoms with van der Waals surface area (Å²) >= 11 is 0. The summed E-state index contributed by atoms with van der Waals surface area (Å²) in [6.45, 7) is 14.4. The van der Waals surface area contributed by atoms with Gasteiger partial charge in [0.2, 0.25) is 0 Å². The van der Waals surface area contributed by atoms with E-state index in [4.69, 9.17) is 24.7 Å². The van der Waals surface area contributed by atoms with E-state index in [0.717, 1.165) is 12.8 Å². The molecule has 4 unspecified atom stereocenters. The summed E-state index contributed by atoms with van der Waals surface area (Å²) in [4.78, 5) is 49.1. The summed E-state index contributed by atoms with van der Waals surface area (Å²) in [6, 6.07) is 3.11. The number of rotatable bonds is 14. The third-order valence-corrected chi connectivity index (χ3v) is 6.36. The van der Waals surface area contributed by atoms with Crippen LogP contribution in [0.25, 0.3) is 0 Å². The lowest BCUT2D eigenvalue weighted by Gasteiger charge is -2.28. The van der Waals surface area contributed by atoms with Crippen molar-refractivity contribution < 1.29 is 43.2 Å². The van der Waals surface area contributed by atoms with E-state index in [-0.39, 0.29) is 42.8 Å². The highest BCUT2D eigenvalue weighted by Gasteiger charge is 2.33. The highest BCUT2D eigenvalue weighted by atomic mass is 16.7. The molecule has 1 aromatic carbocycles. The number of benzene rings is 1. The van der Waals surface area contributed by atoms with Gasteiger partial charge in [0.15, 0.2) is 11.5 Å². The molecule has 0 saturated heterocycles. The van der Waals surface area contributed by atoms with E-state index < -0.39 is 47.5 Å². The predicted molar refractivity (Wildman–Crippen MR) is 146 cm³/mol. The molecule has 1 aromatic rings. The summed E-state index contributed by atoms with van der Waals surface area (Å²) in [6.07, 6.45) is 1.02. The summed E-state index contributed by atoms with van der Waals surface area (Å²) in [5.41, 5.74) is 5.72. The lowest BCUT2D eigenvalue weighted by molar-refractivity contribution is -0.139. The third-order valence-electron chi connectivity index (χ3n) is 6.36. The zero-order chi connectivity index (χ0) is 29.9. The molecule has 0 radical (unpaired) electrons. The minimum Gasteiger partial charge on any atom is -0.480 e. The number of esters is 2. The standard InChI is InChI=1S/C29H45NO9/c1-9-17(3)13-23(31)37-21-12-11-20(15-22(21)38-24(32)14-18(4)10-2)25(26(30)27(33)34)19(5)16-36-28(35)39-29(6,7)8/h11-12,15,17-19,25-26H,9-10,13-14,16,30H2,1-8H3,(H,33,34)/t17?,18?,19?,25?,26-/m0/s1. The van der Waals surface area contributed by atoms with E-state index in [0.29, 0.717) is 5.56 Å². The van der Waals surface area contributed by atoms with Crippen molar-refractivity contribution in [3.8, 4) is 11.5 Å². The lowest BCUT2D eigenvalue weighted by atomic mass is 9.82. The van der Waals surface area contributed by atoms with Crippen molar-refractivity contribution in [3.63, 3.8) is 0 Å². The van der Waals surface area contributed by atoms with Gasteiger partial charge >= 0.3 is 24.1 Å². The van der Waals surface area contributed by atoms with Crippen molar-refractivity contribution >= 4 is 24.1 Å². The number of aliphatic carboxylic acids is 1. The molecule has 0 amide bonds. The van der Waals surface area contributed by atoms with Gasteiger partial charge in [0.1, 0.15) is 11.6 Å². The largest absolute Gasteiger partial charge is 0.508 e. The van der Waals surface area contributed by atoms with Gasteiger partial charge in [-0.25, -0.2) is 4.79 Å². The first-order valence-corrected chi connectivity index (χ1v) is 13.5. The second-order valence-corrected chi connectivity index (χ2v) is 11.2. The van der Waals surface area contributed by atoms with Crippen LogP contribution in [0.1, 0.15) is 92.6 Å². The van der Waals surface area contributed by atoms with Gasteiger partial charge in [-0.2, -0.15) is 0 Å². The molecule has 0 heterocycles. The molecule has 0 saturated carbocycles. The Kier molecular flexibility index (Phi) is 13.4. The predicted octanol–water partition coefficient (Wildman–Crippen LogP) is 5.45. The molecule has 5 atom stereocenters. The number of nitrogens with two attached hydrogens (primary N) is 1. The monoisotopic (exact) mass is 551 g/mol. The molecule has 0 bridgehead atoms. The smallest absolute Gasteiger partial charge is 0.480 e. The van der Waals surface area contributed by atoms with E-state index in [1.807, 2.05) is 27.7 Å². The van der Waals surface area contributed by atoms with Crippen LogP contribution in [0.3, 0.4) is 0 Å². The molecule has 3 N–H and O–H groups in total. The summed E-state index contributed by atoms with van der Waals surface area (Å²) in [7, 11) is 0. The highest BCUT2D eigenvalue weighted by molar-refractivity contribution is 5.77. The van der Waals surface area contributed by atoms with E-state index in [1.54, 1.807) is 33.8 Å². The topological polar surface area (TPSA) is 151 Å². The molecule has 0 aromatic heterocycles. The number of ether oxygens (including phenoxy) is 4. The molecule has 0 spiro atoms. The second-order valence-electron chi connectivity index (χ2n) is 11.2. The zero-order valence-corrected chi connectivity index (χ0v) is 24.4. The summed E-state index contributed by atoms with van der Waals surface area (Å²) in [5, 5.41) is 9.70. The first-order chi connectivity index (χ1) is 18.1. The Labute approximate surface area is 231 Å². The fraction of sp³-hybridized carbons (Fsp3) is 0.655. The van der Waals surface area contributed by atoms with Gasteiger partial charge in [0.25, 0.3) is 0 Å². The SMILES string of the molecule is CCC(C)CC(=O)Oc1ccc(C(C(C)COC(=O)OC(C)(C)C)[C@H](N)C(=O)O)cc1OC(=O)CC(C)CC. The Hall–Kier alpha value is -3.14. The van der Waals surface area contributed by atoms with Crippen molar-refractivity contribution in [1.29, 1.82) is 0 Å². The average molecular weight is 552 g/mol. The Balaban J connectivity index is 3.36. The van der Waals surface area contributed by atoms with Crippen LogP contribution >= 0.6 is 0 Å². The number of carboxylic acid groups (broad SMARTS) is 1. The highest BCUT2D eigenvalue weighted by Crippen LogP contribution is 2.36. The van der Waals surface area contributed by atoms with Gasteiger partial charge in [-0.05, 0) is 56.2 Å². The number of carbonyl (C=O) groups excluding carboxylic acids is 3. The molecule has 0 aliphatic carbocycles. The normalized spacial score (nSPS) is 15.3. The van der Waals surface area contributed by atoms with Crippen LogP contribution < -0.4 is 15.2 Å². The van der Waals surface area contributed by atoms with Crippen molar-refractivity contribution in [2.45, 2.75) is 98.6 Å². The maximum atomic E-state index is 12.6. The molecule has 10 nitrogen and oxygen atoms in total. The van der Waals surface area contributed by atoms with E-state index in [2.05, 4.69) is 0 Å². The van der Waals surface area contributed by atoms with E-state index >= 15 is 0 Å². The second kappa shape index (κ2) is 15.5. The number of hydrogen-bond acceptors (Lipinski definition) is 9. The Morgan fingerprint density at radius 2 is 1.41 bits per heavy atom. The Bertz CT molecular complexity index is 985. The van der Waals surface area contributed by atoms with Gasteiger partial charge in [-0.3, -0.25) is 14.4 Å². The minimum atomic E-state index is -1.37. The van der Waals surface area contributed by atoms with Crippen LogP contribution in [-0.4, -0.2) is 47.4 Å². The van der Waals surface area contributed by atoms with Crippen LogP contribution in [-0.2, 0) is 23.9 Å². The molecule has 1 rings (SSSR count).